The summed E-state index contributed by atoms with van der Waals surface area (Å²) in [5, 5.41) is 6.89. The first-order chi connectivity index (χ1) is 8.83. The molecule has 0 bridgehead atoms. The number of nitrogens with zero attached hydrogens (tertiary/aromatic N) is 3. The highest BCUT2D eigenvalue weighted by atomic mass is 15.1. The van der Waals surface area contributed by atoms with Gasteiger partial charge in [-0.25, -0.2) is 9.97 Å². The van der Waals surface area contributed by atoms with Gasteiger partial charge in [0.2, 0.25) is 5.95 Å². The Bertz CT molecular complexity index is 643. The molecule has 0 amide bonds. The van der Waals surface area contributed by atoms with Crippen molar-refractivity contribution in [2.45, 2.75) is 0 Å². The van der Waals surface area contributed by atoms with Crippen molar-refractivity contribution < 1.29 is 0 Å². The summed E-state index contributed by atoms with van der Waals surface area (Å²) in [6.45, 7) is 0. The van der Waals surface area contributed by atoms with E-state index in [0.29, 0.717) is 0 Å². The summed E-state index contributed by atoms with van der Waals surface area (Å²) in [5.41, 5.74) is 9.51. The molecule has 3 rings (SSSR count). The van der Waals surface area contributed by atoms with Crippen molar-refractivity contribution >= 4 is 5.95 Å². The van der Waals surface area contributed by atoms with E-state index in [4.69, 9.17) is 5.73 Å². The average Bonchev–Trinajstić information content (AvgIpc) is 2.94. The number of benzene rings is 1. The molecule has 0 aliphatic carbocycles. The van der Waals surface area contributed by atoms with Crippen LogP contribution in [-0.2, 0) is 0 Å². The van der Waals surface area contributed by atoms with Crippen LogP contribution in [0.1, 0.15) is 0 Å². The van der Waals surface area contributed by atoms with Gasteiger partial charge >= 0.3 is 0 Å². The highest BCUT2D eigenvalue weighted by Crippen LogP contribution is 2.24. The Balaban J connectivity index is 2.03. The first-order valence-corrected chi connectivity index (χ1v) is 5.50. The summed E-state index contributed by atoms with van der Waals surface area (Å²) in [5.74, 6) is 0.281. The normalized spacial score (nSPS) is 10.4. The largest absolute Gasteiger partial charge is 0.368 e. The number of nitrogens with two attached hydrogens (primary N) is 1. The molecule has 0 unspecified atom stereocenters. The van der Waals surface area contributed by atoms with Crippen molar-refractivity contribution in [1.29, 1.82) is 0 Å². The van der Waals surface area contributed by atoms with Crippen LogP contribution in [0.5, 0.6) is 0 Å². The number of rotatable bonds is 2. The van der Waals surface area contributed by atoms with Crippen LogP contribution in [0.4, 0.5) is 5.95 Å². The van der Waals surface area contributed by atoms with Crippen LogP contribution >= 0.6 is 0 Å². The van der Waals surface area contributed by atoms with Gasteiger partial charge in [-0.1, -0.05) is 18.2 Å². The van der Waals surface area contributed by atoms with E-state index in [-0.39, 0.29) is 5.95 Å². The fourth-order valence-electron chi connectivity index (χ4n) is 1.77. The summed E-state index contributed by atoms with van der Waals surface area (Å²) in [4.78, 5) is 7.99. The molecule has 0 aliphatic rings. The zero-order valence-corrected chi connectivity index (χ0v) is 9.54. The zero-order valence-electron chi connectivity index (χ0n) is 9.54. The average molecular weight is 237 g/mol. The van der Waals surface area contributed by atoms with E-state index in [0.717, 1.165) is 22.4 Å². The predicted molar refractivity (Wildman–Crippen MR) is 69.5 cm³/mol. The molecule has 0 saturated heterocycles. The molecule has 0 atom stereocenters. The molecule has 2 heterocycles. The standard InChI is InChI=1S/C13H11N5/c14-13-15-7-11(8-16-13)9-2-1-3-10(6-9)12-4-5-17-18-12/h1-8H,(H,17,18)(H2,14,15,16). The monoisotopic (exact) mass is 237 g/mol. The maximum absolute atomic E-state index is 5.48. The first-order valence-electron chi connectivity index (χ1n) is 5.50. The van der Waals surface area contributed by atoms with Crippen molar-refractivity contribution in [3.05, 3.63) is 48.9 Å². The third kappa shape index (κ3) is 1.93. The lowest BCUT2D eigenvalue weighted by molar-refractivity contribution is 1.10. The SMILES string of the molecule is Nc1ncc(-c2cccc(-c3ccn[nH]3)c2)cn1. The second-order valence-corrected chi connectivity index (χ2v) is 3.88. The lowest BCUT2D eigenvalue weighted by Crippen LogP contribution is -1.93. The van der Waals surface area contributed by atoms with E-state index in [1.807, 2.05) is 24.3 Å². The topological polar surface area (TPSA) is 80.5 Å². The van der Waals surface area contributed by atoms with Crippen LogP contribution in [0.3, 0.4) is 0 Å². The Hall–Kier alpha value is -2.69. The maximum Gasteiger partial charge on any atom is 0.219 e. The summed E-state index contributed by atoms with van der Waals surface area (Å²) >= 11 is 0. The molecule has 3 N–H and O–H groups in total. The lowest BCUT2D eigenvalue weighted by Gasteiger charge is -2.03. The van der Waals surface area contributed by atoms with Gasteiger partial charge in [0.15, 0.2) is 0 Å². The van der Waals surface area contributed by atoms with Gasteiger partial charge in [-0.15, -0.1) is 0 Å². The van der Waals surface area contributed by atoms with Gasteiger partial charge in [0.25, 0.3) is 0 Å². The molecule has 2 aromatic heterocycles. The van der Waals surface area contributed by atoms with Crippen LogP contribution in [0.15, 0.2) is 48.9 Å². The van der Waals surface area contributed by atoms with Gasteiger partial charge in [0, 0.05) is 29.7 Å². The molecule has 88 valence electrons. The number of hydrogen-bond donors (Lipinski definition) is 2. The Morgan fingerprint density at radius 1 is 0.944 bits per heavy atom. The van der Waals surface area contributed by atoms with Gasteiger partial charge < -0.3 is 5.73 Å². The Labute approximate surface area is 104 Å². The van der Waals surface area contributed by atoms with Gasteiger partial charge in [-0.3, -0.25) is 5.10 Å². The number of nitrogens with one attached hydrogen (secondary N) is 1. The Morgan fingerprint density at radius 2 is 1.72 bits per heavy atom. The fraction of sp³-hybridized carbons (Fsp3) is 0. The number of aromatic nitrogens is 4. The number of aromatic amines is 1. The molecule has 3 aromatic rings. The molecule has 18 heavy (non-hydrogen) atoms. The van der Waals surface area contributed by atoms with E-state index < -0.39 is 0 Å². The highest BCUT2D eigenvalue weighted by Gasteiger charge is 2.03. The molecule has 0 saturated carbocycles. The van der Waals surface area contributed by atoms with Crippen LogP contribution in [-0.4, -0.2) is 20.2 Å². The number of H-pyrrole nitrogens is 1. The number of anilines is 1. The van der Waals surface area contributed by atoms with Gasteiger partial charge in [-0.05, 0) is 17.7 Å². The molecule has 5 nitrogen and oxygen atoms in total. The zero-order chi connectivity index (χ0) is 12.4. The van der Waals surface area contributed by atoms with Crippen LogP contribution in [0.25, 0.3) is 22.4 Å². The van der Waals surface area contributed by atoms with Crippen molar-refractivity contribution in [2.75, 3.05) is 5.73 Å². The maximum atomic E-state index is 5.48. The molecule has 0 fully saturated rings. The van der Waals surface area contributed by atoms with Crippen molar-refractivity contribution in [2.24, 2.45) is 0 Å². The quantitative estimate of drug-likeness (QED) is 0.715. The second-order valence-electron chi connectivity index (χ2n) is 3.88. The fourth-order valence-corrected chi connectivity index (χ4v) is 1.77. The summed E-state index contributed by atoms with van der Waals surface area (Å²) in [6, 6.07) is 10.0. The molecule has 0 spiro atoms. The number of nitrogen functional groups attached to an aromatic ring is 1. The summed E-state index contributed by atoms with van der Waals surface area (Å²) in [7, 11) is 0. The Kier molecular flexibility index (Phi) is 2.49. The van der Waals surface area contributed by atoms with Crippen LogP contribution < -0.4 is 5.73 Å². The first kappa shape index (κ1) is 10.5. The van der Waals surface area contributed by atoms with Crippen LogP contribution in [0, 0.1) is 0 Å². The third-order valence-corrected chi connectivity index (χ3v) is 2.68. The molecule has 5 heteroatoms. The van der Waals surface area contributed by atoms with E-state index in [9.17, 15) is 0 Å². The molecule has 0 radical (unpaired) electrons. The lowest BCUT2D eigenvalue weighted by atomic mass is 10.0. The minimum absolute atomic E-state index is 0.281. The molecule has 0 aliphatic heterocycles. The van der Waals surface area contributed by atoms with Crippen molar-refractivity contribution in [3.63, 3.8) is 0 Å². The minimum atomic E-state index is 0.281. The van der Waals surface area contributed by atoms with Crippen LogP contribution in [0.2, 0.25) is 0 Å². The molecular weight excluding hydrogens is 226 g/mol. The van der Waals surface area contributed by atoms with E-state index in [1.54, 1.807) is 18.6 Å². The Morgan fingerprint density at radius 3 is 2.44 bits per heavy atom. The van der Waals surface area contributed by atoms with E-state index in [2.05, 4.69) is 26.2 Å². The van der Waals surface area contributed by atoms with Gasteiger partial charge in [0.05, 0.1) is 5.69 Å². The third-order valence-electron chi connectivity index (χ3n) is 2.68. The summed E-state index contributed by atoms with van der Waals surface area (Å²) < 4.78 is 0. The van der Waals surface area contributed by atoms with Crippen molar-refractivity contribution in [1.82, 2.24) is 20.2 Å². The van der Waals surface area contributed by atoms with Crippen molar-refractivity contribution in [3.8, 4) is 22.4 Å². The van der Waals surface area contributed by atoms with Gasteiger partial charge in [0.1, 0.15) is 0 Å². The highest BCUT2D eigenvalue weighted by molar-refractivity contribution is 5.70. The smallest absolute Gasteiger partial charge is 0.219 e. The predicted octanol–water partition coefficient (Wildman–Crippen LogP) is 2.12. The molecule has 1 aromatic carbocycles. The summed E-state index contributed by atoms with van der Waals surface area (Å²) in [6.07, 6.45) is 5.16. The van der Waals surface area contributed by atoms with Gasteiger partial charge in [-0.2, -0.15) is 5.10 Å². The van der Waals surface area contributed by atoms with E-state index >= 15 is 0 Å². The number of hydrogen-bond acceptors (Lipinski definition) is 4. The minimum Gasteiger partial charge on any atom is -0.368 e. The van der Waals surface area contributed by atoms with E-state index in [1.165, 1.54) is 0 Å². The molecular formula is C13H11N5. The second kappa shape index (κ2) is 4.29.